The van der Waals surface area contributed by atoms with Crippen LogP contribution >= 0.6 is 11.8 Å². The number of hydrogen-bond acceptors (Lipinski definition) is 6. The molecule has 33 heavy (non-hydrogen) atoms. The third-order valence-corrected chi connectivity index (χ3v) is 6.80. The average molecular weight is 488 g/mol. The molecule has 0 saturated heterocycles. The Morgan fingerprint density at radius 1 is 1.12 bits per heavy atom. The summed E-state index contributed by atoms with van der Waals surface area (Å²) in [6.07, 6.45) is 4.69. The van der Waals surface area contributed by atoms with Gasteiger partial charge in [-0.2, -0.15) is 0 Å². The van der Waals surface area contributed by atoms with Crippen LogP contribution in [0.15, 0.2) is 58.5 Å². The van der Waals surface area contributed by atoms with Crippen LogP contribution in [0.5, 0.6) is 0 Å². The summed E-state index contributed by atoms with van der Waals surface area (Å²) in [4.78, 5) is 17.5. The molecule has 2 N–H and O–H groups in total. The lowest BCUT2D eigenvalue weighted by molar-refractivity contribution is 0.0509. The normalized spacial score (nSPS) is 11.5. The summed E-state index contributed by atoms with van der Waals surface area (Å²) < 4.78 is 30.6. The topological polar surface area (TPSA) is 104 Å². The van der Waals surface area contributed by atoms with Crippen LogP contribution in [0.2, 0.25) is 0 Å². The van der Waals surface area contributed by atoms with Gasteiger partial charge in [0, 0.05) is 13.0 Å². The molecule has 0 amide bonds. The van der Waals surface area contributed by atoms with Gasteiger partial charge >= 0.3 is 5.97 Å². The number of hydrogen-bond donors (Lipinski definition) is 1. The fourth-order valence-corrected chi connectivity index (χ4v) is 4.69. The molecule has 7 nitrogen and oxygen atoms in total. The summed E-state index contributed by atoms with van der Waals surface area (Å²) in [5, 5.41) is 5.94. The van der Waals surface area contributed by atoms with Crippen molar-refractivity contribution in [3.05, 3.63) is 65.6 Å². The number of primary sulfonamides is 1. The summed E-state index contributed by atoms with van der Waals surface area (Å²) in [6.45, 7) is 4.70. The van der Waals surface area contributed by atoms with Crippen molar-refractivity contribution in [1.82, 2.24) is 9.55 Å². The lowest BCUT2D eigenvalue weighted by atomic mass is 10.0. The van der Waals surface area contributed by atoms with E-state index in [2.05, 4.69) is 6.92 Å². The molecule has 0 fully saturated rings. The van der Waals surface area contributed by atoms with Crippen molar-refractivity contribution in [1.29, 1.82) is 0 Å². The van der Waals surface area contributed by atoms with Crippen LogP contribution in [-0.4, -0.2) is 36.8 Å². The van der Waals surface area contributed by atoms with Crippen LogP contribution in [0.1, 0.15) is 48.6 Å². The van der Waals surface area contributed by atoms with Crippen molar-refractivity contribution in [3.63, 3.8) is 0 Å². The minimum atomic E-state index is -3.77. The zero-order chi connectivity index (χ0) is 24.0. The van der Waals surface area contributed by atoms with Crippen LogP contribution < -0.4 is 5.14 Å². The van der Waals surface area contributed by atoms with Gasteiger partial charge in [-0.25, -0.2) is 23.3 Å². The third-order valence-electron chi connectivity index (χ3n) is 5.22. The molecule has 0 aliphatic heterocycles. The summed E-state index contributed by atoms with van der Waals surface area (Å²) in [5.74, 6) is 0.503. The second-order valence-corrected chi connectivity index (χ2v) is 9.92. The second-order valence-electron chi connectivity index (χ2n) is 7.57. The van der Waals surface area contributed by atoms with Crippen molar-refractivity contribution in [2.75, 3.05) is 12.9 Å². The number of thioether (sulfide) groups is 1. The fraction of sp³-hybridized carbons (Fsp3) is 0.333. The molecule has 1 heterocycles. The highest BCUT2D eigenvalue weighted by molar-refractivity contribution is 7.98. The highest BCUT2D eigenvalue weighted by atomic mass is 32.2. The molecule has 9 heteroatoms. The van der Waals surface area contributed by atoms with E-state index in [1.807, 2.05) is 41.2 Å². The van der Waals surface area contributed by atoms with Crippen LogP contribution in [0, 0.1) is 0 Å². The van der Waals surface area contributed by atoms with E-state index in [1.165, 1.54) is 17.8 Å². The smallest absolute Gasteiger partial charge is 0.357 e. The number of carbonyl (C=O) groups excluding carboxylic acids is 1. The van der Waals surface area contributed by atoms with Crippen molar-refractivity contribution < 1.29 is 17.9 Å². The van der Waals surface area contributed by atoms with Gasteiger partial charge in [-0.3, -0.25) is 0 Å². The molecule has 0 saturated carbocycles. The Morgan fingerprint density at radius 3 is 2.45 bits per heavy atom. The van der Waals surface area contributed by atoms with Gasteiger partial charge in [0.05, 0.1) is 11.5 Å². The van der Waals surface area contributed by atoms with E-state index in [-0.39, 0.29) is 10.9 Å². The van der Waals surface area contributed by atoms with Crippen molar-refractivity contribution in [2.24, 2.45) is 5.14 Å². The number of imidazole rings is 1. The summed E-state index contributed by atoms with van der Waals surface area (Å²) in [7, 11) is -3.77. The maximum Gasteiger partial charge on any atom is 0.357 e. The first-order chi connectivity index (χ1) is 15.8. The summed E-state index contributed by atoms with van der Waals surface area (Å²) >= 11 is 1.44. The van der Waals surface area contributed by atoms with Gasteiger partial charge in [-0.15, -0.1) is 11.8 Å². The Morgan fingerprint density at radius 2 is 1.85 bits per heavy atom. The Hall–Kier alpha value is -2.62. The quantitative estimate of drug-likeness (QED) is 0.334. The molecular formula is C24H29N3O4S2. The van der Waals surface area contributed by atoms with Crippen LogP contribution in [0.25, 0.3) is 11.1 Å². The molecular weight excluding hydrogens is 458 g/mol. The zero-order valence-corrected chi connectivity index (χ0v) is 20.7. The van der Waals surface area contributed by atoms with Crippen LogP contribution in [0.3, 0.4) is 0 Å². The molecule has 176 valence electrons. The monoisotopic (exact) mass is 487 g/mol. The largest absolute Gasteiger partial charge is 0.461 e. The maximum absolute atomic E-state index is 12.7. The lowest BCUT2D eigenvalue weighted by Gasteiger charge is -2.13. The zero-order valence-electron chi connectivity index (χ0n) is 19.1. The van der Waals surface area contributed by atoms with E-state index in [1.54, 1.807) is 19.1 Å². The molecule has 0 bridgehead atoms. The SMILES string of the molecule is CCCCc1nc(SC)c(C(=O)OCC)n1Cc1ccc(-c2cccc(S(N)(=O)=O)c2)cc1. The van der Waals surface area contributed by atoms with E-state index in [4.69, 9.17) is 14.9 Å². The molecule has 0 aliphatic carbocycles. The fourth-order valence-electron chi connectivity index (χ4n) is 3.55. The predicted octanol–water partition coefficient (Wildman–Crippen LogP) is 4.49. The number of rotatable bonds is 10. The van der Waals surface area contributed by atoms with Crippen molar-refractivity contribution in [3.8, 4) is 11.1 Å². The molecule has 0 unspecified atom stereocenters. The molecule has 1 aromatic heterocycles. The number of sulfonamides is 1. The highest BCUT2D eigenvalue weighted by Gasteiger charge is 2.23. The van der Waals surface area contributed by atoms with Gasteiger partial charge in [-0.05, 0) is 48.4 Å². The number of ether oxygens (including phenoxy) is 1. The average Bonchev–Trinajstić information content (AvgIpc) is 3.15. The first kappa shape index (κ1) is 25.0. The number of nitrogens with zero attached hydrogens (tertiary/aromatic N) is 2. The maximum atomic E-state index is 12.7. The first-order valence-corrected chi connectivity index (χ1v) is 13.6. The molecule has 2 aromatic carbocycles. The van der Waals surface area contributed by atoms with Gasteiger partial charge in [0.15, 0.2) is 5.69 Å². The number of benzene rings is 2. The molecule has 3 aromatic rings. The van der Waals surface area contributed by atoms with Gasteiger partial charge in [0.1, 0.15) is 10.9 Å². The van der Waals surface area contributed by atoms with E-state index >= 15 is 0 Å². The minimum absolute atomic E-state index is 0.0757. The first-order valence-electron chi connectivity index (χ1n) is 10.8. The second kappa shape index (κ2) is 11.0. The van der Waals surface area contributed by atoms with E-state index in [9.17, 15) is 13.2 Å². The number of unbranched alkanes of at least 4 members (excludes halogenated alkanes) is 1. The van der Waals surface area contributed by atoms with E-state index in [0.29, 0.717) is 23.9 Å². The van der Waals surface area contributed by atoms with Gasteiger partial charge in [0.25, 0.3) is 0 Å². The standard InChI is InChI=1S/C24H29N3O4S2/c1-4-6-10-21-26-23(32-3)22(24(28)31-5-2)27(21)16-17-11-13-18(14-12-17)19-8-7-9-20(15-19)33(25,29)30/h7-9,11-15H,4-6,10,16H2,1-3H3,(H2,25,29,30). The highest BCUT2D eigenvalue weighted by Crippen LogP contribution is 2.26. The van der Waals surface area contributed by atoms with Gasteiger partial charge < -0.3 is 9.30 Å². The summed E-state index contributed by atoms with van der Waals surface area (Å²) in [5.41, 5.74) is 3.11. The van der Waals surface area contributed by atoms with Crippen LogP contribution in [-0.2, 0) is 27.7 Å². The van der Waals surface area contributed by atoms with Crippen LogP contribution in [0.4, 0.5) is 0 Å². The minimum Gasteiger partial charge on any atom is -0.461 e. The van der Waals surface area contributed by atoms with Crippen molar-refractivity contribution >= 4 is 27.8 Å². The Bertz CT molecular complexity index is 1220. The third kappa shape index (κ3) is 6.04. The molecule has 0 aliphatic rings. The number of aromatic nitrogens is 2. The summed E-state index contributed by atoms with van der Waals surface area (Å²) in [6, 6.07) is 14.3. The Kier molecular flexibility index (Phi) is 8.34. The van der Waals surface area contributed by atoms with Crippen molar-refractivity contribution in [2.45, 2.75) is 49.6 Å². The van der Waals surface area contributed by atoms with E-state index in [0.717, 1.165) is 41.8 Å². The van der Waals surface area contributed by atoms with Gasteiger partial charge in [0.2, 0.25) is 10.0 Å². The molecule has 0 atom stereocenters. The predicted molar refractivity (Wildman–Crippen MR) is 131 cm³/mol. The lowest BCUT2D eigenvalue weighted by Crippen LogP contribution is -2.16. The number of esters is 1. The number of aryl methyl sites for hydroxylation is 1. The Balaban J connectivity index is 1.94. The van der Waals surface area contributed by atoms with E-state index < -0.39 is 10.0 Å². The molecule has 0 spiro atoms. The Labute approximate surface area is 199 Å². The molecule has 3 rings (SSSR count). The van der Waals surface area contributed by atoms with Gasteiger partial charge in [-0.1, -0.05) is 49.7 Å². The number of carbonyl (C=O) groups is 1. The number of nitrogens with two attached hydrogens (primary N) is 1. The molecule has 0 radical (unpaired) electrons.